The fourth-order valence-electron chi connectivity index (χ4n) is 2.11. The number of hydrogen-bond donors (Lipinski definition) is 1. The van der Waals surface area contributed by atoms with E-state index in [4.69, 9.17) is 10.3 Å². The summed E-state index contributed by atoms with van der Waals surface area (Å²) in [6, 6.07) is 6.26. The summed E-state index contributed by atoms with van der Waals surface area (Å²) in [7, 11) is 0. The number of aromatic nitrogens is 1. The van der Waals surface area contributed by atoms with Crippen LogP contribution >= 0.6 is 0 Å². The topological polar surface area (TPSA) is 52.0 Å². The summed E-state index contributed by atoms with van der Waals surface area (Å²) in [6.07, 6.45) is 2.15. The van der Waals surface area contributed by atoms with Gasteiger partial charge in [-0.2, -0.15) is 0 Å². The highest BCUT2D eigenvalue weighted by Gasteiger charge is 2.40. The van der Waals surface area contributed by atoms with Gasteiger partial charge in [0.1, 0.15) is 11.3 Å². The van der Waals surface area contributed by atoms with Crippen molar-refractivity contribution in [3.8, 4) is 0 Å². The van der Waals surface area contributed by atoms with Crippen LogP contribution < -0.4 is 5.73 Å². The first-order valence-corrected chi connectivity index (χ1v) is 5.79. The summed E-state index contributed by atoms with van der Waals surface area (Å²) >= 11 is 0. The van der Waals surface area contributed by atoms with Crippen LogP contribution in [0.15, 0.2) is 22.7 Å². The van der Waals surface area contributed by atoms with Crippen LogP contribution in [0.25, 0.3) is 10.9 Å². The Morgan fingerprint density at radius 2 is 2.12 bits per heavy atom. The lowest BCUT2D eigenvalue weighted by molar-refractivity contribution is 0.378. The maximum atomic E-state index is 6.17. The second-order valence-corrected chi connectivity index (χ2v) is 5.09. The average Bonchev–Trinajstić information content (AvgIpc) is 2.87. The van der Waals surface area contributed by atoms with Gasteiger partial charge in [-0.05, 0) is 30.5 Å². The lowest BCUT2D eigenvalue weighted by atomic mass is 10.0. The van der Waals surface area contributed by atoms with Gasteiger partial charge in [-0.3, -0.25) is 0 Å². The van der Waals surface area contributed by atoms with Crippen LogP contribution in [0, 0.1) is 0 Å². The normalized spacial score (nSPS) is 18.2. The minimum Gasteiger partial charge on any atom is -0.360 e. The first-order chi connectivity index (χ1) is 7.60. The van der Waals surface area contributed by atoms with Crippen molar-refractivity contribution in [2.45, 2.75) is 38.1 Å². The van der Waals surface area contributed by atoms with Crippen LogP contribution in [0.1, 0.15) is 43.9 Å². The van der Waals surface area contributed by atoms with Crippen LogP contribution in [-0.2, 0) is 5.54 Å². The maximum Gasteiger partial charge on any atom is 0.147 e. The molecule has 0 amide bonds. The zero-order valence-corrected chi connectivity index (χ0v) is 9.66. The molecule has 0 unspecified atom stereocenters. The van der Waals surface area contributed by atoms with Gasteiger partial charge in [0.25, 0.3) is 0 Å². The van der Waals surface area contributed by atoms with E-state index in [1.165, 1.54) is 5.56 Å². The fraction of sp³-hybridized carbons (Fsp3) is 0.462. The molecule has 1 aromatic heterocycles. The predicted octanol–water partition coefficient (Wildman–Crippen LogP) is 2.90. The van der Waals surface area contributed by atoms with E-state index in [9.17, 15) is 0 Å². The summed E-state index contributed by atoms with van der Waals surface area (Å²) in [5, 5.41) is 5.23. The zero-order chi connectivity index (χ0) is 11.3. The number of hydrogen-bond acceptors (Lipinski definition) is 3. The van der Waals surface area contributed by atoms with Crippen LogP contribution in [0.5, 0.6) is 0 Å². The van der Waals surface area contributed by atoms with Gasteiger partial charge in [-0.1, -0.05) is 25.1 Å². The Labute approximate surface area is 94.6 Å². The minimum atomic E-state index is -0.0921. The molecule has 1 saturated carbocycles. The van der Waals surface area contributed by atoms with Gasteiger partial charge in [-0.15, -0.1) is 0 Å². The third kappa shape index (κ3) is 1.35. The number of nitrogens with zero attached hydrogens (tertiary/aromatic N) is 1. The molecule has 3 heteroatoms. The lowest BCUT2D eigenvalue weighted by Gasteiger charge is -2.08. The SMILES string of the molecule is CC(C)c1onc2cc(C3(N)CC3)ccc12. The molecule has 0 spiro atoms. The molecule has 1 fully saturated rings. The highest BCUT2D eigenvalue weighted by Crippen LogP contribution is 2.43. The van der Waals surface area contributed by atoms with Crippen molar-refractivity contribution in [1.29, 1.82) is 0 Å². The second kappa shape index (κ2) is 3.08. The third-order valence-corrected chi connectivity index (χ3v) is 3.39. The predicted molar refractivity (Wildman–Crippen MR) is 63.2 cm³/mol. The fourth-order valence-corrected chi connectivity index (χ4v) is 2.11. The molecule has 1 aromatic carbocycles. The molecule has 0 atom stereocenters. The second-order valence-electron chi connectivity index (χ2n) is 5.09. The van der Waals surface area contributed by atoms with Crippen LogP contribution in [0.4, 0.5) is 0 Å². The Hall–Kier alpha value is -1.35. The molecule has 0 aliphatic heterocycles. The lowest BCUT2D eigenvalue weighted by Crippen LogP contribution is -2.18. The summed E-state index contributed by atoms with van der Waals surface area (Å²) in [5.74, 6) is 1.33. The van der Waals surface area contributed by atoms with Gasteiger partial charge in [-0.25, -0.2) is 0 Å². The Balaban J connectivity index is 2.13. The monoisotopic (exact) mass is 216 g/mol. The van der Waals surface area contributed by atoms with Crippen molar-refractivity contribution in [1.82, 2.24) is 5.16 Å². The molecule has 1 aliphatic carbocycles. The number of rotatable bonds is 2. The Kier molecular flexibility index (Phi) is 1.89. The maximum absolute atomic E-state index is 6.17. The highest BCUT2D eigenvalue weighted by atomic mass is 16.5. The van der Waals surface area contributed by atoms with Crippen molar-refractivity contribution < 1.29 is 4.52 Å². The molecule has 0 radical (unpaired) electrons. The Bertz CT molecular complexity index is 538. The van der Waals surface area contributed by atoms with Crippen molar-refractivity contribution in [2.75, 3.05) is 0 Å². The number of benzene rings is 1. The van der Waals surface area contributed by atoms with Crippen LogP contribution in [-0.4, -0.2) is 5.16 Å². The van der Waals surface area contributed by atoms with E-state index in [2.05, 4.69) is 37.2 Å². The first kappa shape index (κ1) is 9.85. The van der Waals surface area contributed by atoms with Crippen molar-refractivity contribution in [3.05, 3.63) is 29.5 Å². The van der Waals surface area contributed by atoms with Crippen LogP contribution in [0.2, 0.25) is 0 Å². The molecule has 1 heterocycles. The minimum absolute atomic E-state index is 0.0921. The molecule has 84 valence electrons. The third-order valence-electron chi connectivity index (χ3n) is 3.39. The molecule has 2 N–H and O–H groups in total. The molecule has 0 bridgehead atoms. The summed E-state index contributed by atoms with van der Waals surface area (Å²) < 4.78 is 5.37. The summed E-state index contributed by atoms with van der Waals surface area (Å²) in [6.45, 7) is 4.22. The molecule has 2 aromatic rings. The Morgan fingerprint density at radius 3 is 2.75 bits per heavy atom. The largest absolute Gasteiger partial charge is 0.360 e. The summed E-state index contributed by atoms with van der Waals surface area (Å²) in [4.78, 5) is 0. The average molecular weight is 216 g/mol. The van der Waals surface area contributed by atoms with Crippen molar-refractivity contribution in [3.63, 3.8) is 0 Å². The van der Waals surface area contributed by atoms with E-state index < -0.39 is 0 Å². The zero-order valence-electron chi connectivity index (χ0n) is 9.66. The first-order valence-electron chi connectivity index (χ1n) is 5.79. The molecular weight excluding hydrogens is 200 g/mol. The molecule has 16 heavy (non-hydrogen) atoms. The van der Waals surface area contributed by atoms with E-state index in [1.807, 2.05) is 0 Å². The van der Waals surface area contributed by atoms with Crippen LogP contribution in [0.3, 0.4) is 0 Å². The molecule has 3 rings (SSSR count). The van der Waals surface area contributed by atoms with Gasteiger partial charge in [0, 0.05) is 16.8 Å². The van der Waals surface area contributed by atoms with E-state index in [0.29, 0.717) is 5.92 Å². The highest BCUT2D eigenvalue weighted by molar-refractivity contribution is 5.81. The standard InChI is InChI=1S/C13H16N2O/c1-8(2)12-10-4-3-9(13(14)5-6-13)7-11(10)15-16-12/h3-4,7-8H,5-6,14H2,1-2H3. The molecule has 0 saturated heterocycles. The van der Waals surface area contributed by atoms with Gasteiger partial charge >= 0.3 is 0 Å². The van der Waals surface area contributed by atoms with Crippen molar-refractivity contribution >= 4 is 10.9 Å². The van der Waals surface area contributed by atoms with Gasteiger partial charge < -0.3 is 10.3 Å². The number of fused-ring (bicyclic) bond motifs is 1. The van der Waals surface area contributed by atoms with E-state index in [1.54, 1.807) is 0 Å². The molecule has 3 nitrogen and oxygen atoms in total. The van der Waals surface area contributed by atoms with E-state index in [-0.39, 0.29) is 5.54 Å². The molecule has 1 aliphatic rings. The quantitative estimate of drug-likeness (QED) is 0.839. The Morgan fingerprint density at radius 1 is 1.38 bits per heavy atom. The van der Waals surface area contributed by atoms with Gasteiger partial charge in [0.15, 0.2) is 0 Å². The van der Waals surface area contributed by atoms with Crippen molar-refractivity contribution in [2.24, 2.45) is 5.73 Å². The van der Waals surface area contributed by atoms with Gasteiger partial charge in [0.2, 0.25) is 0 Å². The molecular formula is C13H16N2O. The number of nitrogens with two attached hydrogens (primary N) is 1. The smallest absolute Gasteiger partial charge is 0.147 e. The summed E-state index contributed by atoms with van der Waals surface area (Å²) in [5.41, 5.74) is 8.19. The van der Waals surface area contributed by atoms with E-state index >= 15 is 0 Å². The van der Waals surface area contributed by atoms with Gasteiger partial charge in [0.05, 0.1) is 0 Å². The van der Waals surface area contributed by atoms with E-state index in [0.717, 1.165) is 29.5 Å².